The molecule has 1 unspecified atom stereocenters. The molecule has 162 valence electrons. The van der Waals surface area contributed by atoms with E-state index < -0.39 is 0 Å². The molecule has 0 aliphatic carbocycles. The van der Waals surface area contributed by atoms with Gasteiger partial charge in [-0.2, -0.15) is 5.21 Å². The molecule has 7 nitrogen and oxygen atoms in total. The first-order chi connectivity index (χ1) is 15.6. The van der Waals surface area contributed by atoms with Crippen LogP contribution < -0.4 is 0 Å². The fraction of sp³-hybridized carbons (Fsp3) is 0.280. The zero-order valence-electron chi connectivity index (χ0n) is 18.7. The van der Waals surface area contributed by atoms with Crippen LogP contribution in [0.1, 0.15) is 32.3 Å². The van der Waals surface area contributed by atoms with Crippen LogP contribution >= 0.6 is 0 Å². The average Bonchev–Trinajstić information content (AvgIpc) is 3.43. The van der Waals surface area contributed by atoms with Gasteiger partial charge < -0.3 is 0 Å². The molecular weight excluding hydrogens is 398 g/mol. The quantitative estimate of drug-likeness (QED) is 0.624. The molecule has 0 radical (unpaired) electrons. The maximum absolute atomic E-state index is 4.98. The van der Waals surface area contributed by atoms with Gasteiger partial charge in [-0.3, -0.25) is 10.0 Å². The summed E-state index contributed by atoms with van der Waals surface area (Å²) in [6.45, 7) is 4.34. The van der Waals surface area contributed by atoms with Crippen molar-refractivity contribution in [3.05, 3.63) is 77.8 Å². The van der Waals surface area contributed by atoms with Crippen LogP contribution in [0.3, 0.4) is 0 Å². The molecule has 1 atom stereocenters. The van der Waals surface area contributed by atoms with Crippen molar-refractivity contribution in [3.8, 4) is 22.5 Å². The summed E-state index contributed by atoms with van der Waals surface area (Å²) in [5.74, 6) is 1.65. The van der Waals surface area contributed by atoms with Crippen LogP contribution in [0.5, 0.6) is 0 Å². The number of fused-ring (bicyclic) bond motifs is 1. The van der Waals surface area contributed by atoms with Crippen molar-refractivity contribution >= 4 is 5.71 Å². The molecule has 3 aromatic rings. The number of nitrogens with zero attached hydrogens (tertiary/aromatic N) is 6. The van der Waals surface area contributed by atoms with Gasteiger partial charge in [0.05, 0.1) is 6.04 Å². The van der Waals surface area contributed by atoms with Crippen LogP contribution in [0.4, 0.5) is 0 Å². The fourth-order valence-corrected chi connectivity index (χ4v) is 4.58. The molecule has 0 spiro atoms. The van der Waals surface area contributed by atoms with Crippen LogP contribution in [0.25, 0.3) is 22.5 Å². The third-order valence-corrected chi connectivity index (χ3v) is 5.97. The summed E-state index contributed by atoms with van der Waals surface area (Å²) in [5.41, 5.74) is 6.98. The molecule has 1 aromatic heterocycles. The zero-order chi connectivity index (χ0) is 22.1. The van der Waals surface area contributed by atoms with E-state index in [1.165, 1.54) is 16.8 Å². The van der Waals surface area contributed by atoms with Crippen molar-refractivity contribution in [2.75, 3.05) is 7.05 Å². The maximum atomic E-state index is 4.98. The lowest BCUT2D eigenvalue weighted by molar-refractivity contribution is 0.0707. The SMILES string of the molecule is CCCC1=NC2=CC(C)=CN(C)N2C1Cc1ccc(-c2ccccc2-c2nn[nH]n2)cc1. The standard InChI is InChI=1S/C25H27N7/c1-4-7-22-23(32-24(26-22)14-17(2)16-31(32)3)15-18-10-12-19(13-11-18)20-8-5-6-9-21(20)25-27-29-30-28-25/h5-6,8-14,16,23H,4,7,15H2,1-3H3,(H,27,28,29,30). The minimum Gasteiger partial charge on any atom is -0.293 e. The van der Waals surface area contributed by atoms with E-state index in [2.05, 4.69) is 94.1 Å². The molecule has 7 heteroatoms. The Bertz CT molecular complexity index is 1190. The predicted molar refractivity (Wildman–Crippen MR) is 126 cm³/mol. The largest absolute Gasteiger partial charge is 0.293 e. The van der Waals surface area contributed by atoms with Gasteiger partial charge in [0, 0.05) is 30.9 Å². The molecule has 0 fully saturated rings. The highest BCUT2D eigenvalue weighted by Crippen LogP contribution is 2.33. The number of allylic oxidation sites excluding steroid dienone is 2. The molecule has 1 N–H and O–H groups in total. The number of hydrazine groups is 1. The molecule has 0 saturated heterocycles. The number of aromatic amines is 1. The van der Waals surface area contributed by atoms with Gasteiger partial charge in [0.2, 0.25) is 5.82 Å². The normalized spacial score (nSPS) is 17.7. The molecule has 0 amide bonds. The van der Waals surface area contributed by atoms with Crippen LogP contribution in [0.2, 0.25) is 0 Å². The minimum atomic E-state index is 0.244. The number of benzene rings is 2. The van der Waals surface area contributed by atoms with Crippen LogP contribution in [-0.2, 0) is 6.42 Å². The van der Waals surface area contributed by atoms with Gasteiger partial charge in [0.25, 0.3) is 0 Å². The van der Waals surface area contributed by atoms with Crippen LogP contribution in [-0.4, -0.2) is 49.4 Å². The van der Waals surface area contributed by atoms with E-state index >= 15 is 0 Å². The molecule has 32 heavy (non-hydrogen) atoms. The topological polar surface area (TPSA) is 73.3 Å². The number of aliphatic imine (C=N–C) groups is 1. The molecule has 0 bridgehead atoms. The van der Waals surface area contributed by atoms with E-state index in [1.54, 1.807) is 0 Å². The summed E-state index contributed by atoms with van der Waals surface area (Å²) >= 11 is 0. The molecular formula is C25H27N7. The molecule has 2 aliphatic rings. The van der Waals surface area contributed by atoms with Crippen molar-refractivity contribution in [2.24, 2.45) is 4.99 Å². The van der Waals surface area contributed by atoms with Crippen molar-refractivity contribution in [2.45, 2.75) is 39.2 Å². The predicted octanol–water partition coefficient (Wildman–Crippen LogP) is 4.61. The third-order valence-electron chi connectivity index (χ3n) is 5.97. The number of hydrogen-bond acceptors (Lipinski definition) is 6. The van der Waals surface area contributed by atoms with E-state index in [9.17, 15) is 0 Å². The Morgan fingerprint density at radius 1 is 1.03 bits per heavy atom. The highest BCUT2D eigenvalue weighted by atomic mass is 15.7. The Labute approximate surface area is 188 Å². The van der Waals surface area contributed by atoms with Gasteiger partial charge in [-0.15, -0.1) is 10.2 Å². The van der Waals surface area contributed by atoms with Crippen LogP contribution in [0.15, 0.2) is 77.2 Å². The van der Waals surface area contributed by atoms with Crippen molar-refractivity contribution < 1.29 is 0 Å². The maximum Gasteiger partial charge on any atom is 0.205 e. The van der Waals surface area contributed by atoms with Crippen LogP contribution in [0, 0.1) is 0 Å². The fourth-order valence-electron chi connectivity index (χ4n) is 4.58. The van der Waals surface area contributed by atoms with Gasteiger partial charge in [-0.25, -0.2) is 4.99 Å². The summed E-state index contributed by atoms with van der Waals surface area (Å²) in [6, 6.07) is 17.2. The number of nitrogens with one attached hydrogen (secondary N) is 1. The summed E-state index contributed by atoms with van der Waals surface area (Å²) in [5, 5.41) is 19.1. The van der Waals surface area contributed by atoms with Crippen molar-refractivity contribution in [1.82, 2.24) is 30.6 Å². The number of aromatic nitrogens is 4. The highest BCUT2D eigenvalue weighted by Gasteiger charge is 2.35. The first-order valence-electron chi connectivity index (χ1n) is 11.1. The average molecular weight is 426 g/mol. The number of hydrogen-bond donors (Lipinski definition) is 1. The lowest BCUT2D eigenvalue weighted by Crippen LogP contribution is -2.45. The van der Waals surface area contributed by atoms with Gasteiger partial charge in [-0.1, -0.05) is 61.9 Å². The number of tetrazole rings is 1. The Balaban J connectivity index is 1.41. The Morgan fingerprint density at radius 3 is 2.53 bits per heavy atom. The first kappa shape index (κ1) is 20.2. The summed E-state index contributed by atoms with van der Waals surface area (Å²) in [4.78, 5) is 4.98. The second-order valence-electron chi connectivity index (χ2n) is 8.34. The van der Waals surface area contributed by atoms with Gasteiger partial charge in [0.1, 0.15) is 5.82 Å². The number of rotatable bonds is 6. The van der Waals surface area contributed by atoms with Crippen molar-refractivity contribution in [1.29, 1.82) is 0 Å². The lowest BCUT2D eigenvalue weighted by Gasteiger charge is -2.37. The van der Waals surface area contributed by atoms with E-state index in [0.29, 0.717) is 5.82 Å². The Hall–Kier alpha value is -3.74. The monoisotopic (exact) mass is 425 g/mol. The Kier molecular flexibility index (Phi) is 5.31. The van der Waals surface area contributed by atoms with E-state index in [4.69, 9.17) is 4.99 Å². The molecule has 2 aromatic carbocycles. The Morgan fingerprint density at radius 2 is 1.81 bits per heavy atom. The zero-order valence-corrected chi connectivity index (χ0v) is 18.7. The van der Waals surface area contributed by atoms with E-state index in [-0.39, 0.29) is 6.04 Å². The van der Waals surface area contributed by atoms with Gasteiger partial charge in [0.15, 0.2) is 0 Å². The number of H-pyrrole nitrogens is 1. The first-order valence-corrected chi connectivity index (χ1v) is 11.1. The van der Waals surface area contributed by atoms with E-state index in [0.717, 1.165) is 41.8 Å². The second kappa shape index (κ2) is 8.42. The lowest BCUT2D eigenvalue weighted by atomic mass is 9.95. The van der Waals surface area contributed by atoms with Gasteiger partial charge in [-0.05, 0) is 46.9 Å². The van der Waals surface area contributed by atoms with Gasteiger partial charge >= 0.3 is 0 Å². The minimum absolute atomic E-state index is 0.244. The van der Waals surface area contributed by atoms with Crippen molar-refractivity contribution in [3.63, 3.8) is 0 Å². The smallest absolute Gasteiger partial charge is 0.205 e. The summed E-state index contributed by atoms with van der Waals surface area (Å²) in [6.07, 6.45) is 7.37. The highest BCUT2D eigenvalue weighted by molar-refractivity contribution is 5.93. The van der Waals surface area contributed by atoms with E-state index in [1.807, 2.05) is 18.2 Å². The molecule has 3 heterocycles. The summed E-state index contributed by atoms with van der Waals surface area (Å²) < 4.78 is 0. The molecule has 2 aliphatic heterocycles. The second-order valence-corrected chi connectivity index (χ2v) is 8.34. The summed E-state index contributed by atoms with van der Waals surface area (Å²) in [7, 11) is 2.10. The third kappa shape index (κ3) is 3.70. The molecule has 0 saturated carbocycles. The molecule has 5 rings (SSSR count).